The molecule has 1 heterocycles. The average molecular weight is 258 g/mol. The lowest BCUT2D eigenvalue weighted by Crippen LogP contribution is -2.52. The molecule has 0 bridgehead atoms. The summed E-state index contributed by atoms with van der Waals surface area (Å²) < 4.78 is 5.18. The molecule has 1 rings (SSSR count). The Bertz CT molecular complexity index is 337. The third-order valence-electron chi connectivity index (χ3n) is 2.80. The molecule has 0 saturated carbocycles. The van der Waals surface area contributed by atoms with Gasteiger partial charge in [-0.15, -0.1) is 0 Å². The minimum Gasteiger partial charge on any atom is -0.481 e. The zero-order valence-electron chi connectivity index (χ0n) is 11.4. The van der Waals surface area contributed by atoms with Crippen LogP contribution in [0, 0.1) is 0 Å². The van der Waals surface area contributed by atoms with Crippen LogP contribution in [0.1, 0.15) is 33.6 Å². The van der Waals surface area contributed by atoms with Crippen molar-refractivity contribution in [2.75, 3.05) is 20.1 Å². The first-order valence-electron chi connectivity index (χ1n) is 6.03. The first-order chi connectivity index (χ1) is 8.12. The second kappa shape index (κ2) is 5.14. The monoisotopic (exact) mass is 258 g/mol. The lowest BCUT2D eigenvalue weighted by Gasteiger charge is -2.30. The summed E-state index contributed by atoms with van der Waals surface area (Å²) >= 11 is 0. The number of likely N-dealkylation sites (tertiary alicyclic amines) is 1. The Morgan fingerprint density at radius 1 is 1.44 bits per heavy atom. The smallest absolute Gasteiger partial charge is 0.408 e. The van der Waals surface area contributed by atoms with Crippen LogP contribution in [0.15, 0.2) is 0 Å². The molecule has 18 heavy (non-hydrogen) atoms. The zero-order chi connectivity index (χ0) is 14.0. The van der Waals surface area contributed by atoms with Crippen LogP contribution >= 0.6 is 0 Å². The molecular formula is C12H22N2O4. The van der Waals surface area contributed by atoms with Gasteiger partial charge in [-0.2, -0.15) is 0 Å². The Kier molecular flexibility index (Phi) is 4.21. The normalized spacial score (nSPS) is 24.9. The van der Waals surface area contributed by atoms with Crippen LogP contribution in [-0.2, 0) is 9.53 Å². The van der Waals surface area contributed by atoms with Gasteiger partial charge in [-0.1, -0.05) is 0 Å². The summed E-state index contributed by atoms with van der Waals surface area (Å²) in [6.07, 6.45) is -0.0231. The number of alkyl carbamates (subject to hydrolysis) is 1. The van der Waals surface area contributed by atoms with Crippen molar-refractivity contribution < 1.29 is 19.4 Å². The molecule has 1 fully saturated rings. The van der Waals surface area contributed by atoms with Gasteiger partial charge >= 0.3 is 12.1 Å². The summed E-state index contributed by atoms with van der Waals surface area (Å²) in [4.78, 5) is 24.7. The van der Waals surface area contributed by atoms with E-state index in [0.29, 0.717) is 13.0 Å². The van der Waals surface area contributed by atoms with Gasteiger partial charge in [0.15, 0.2) is 0 Å². The van der Waals surface area contributed by atoms with Crippen LogP contribution in [0.2, 0.25) is 0 Å². The van der Waals surface area contributed by atoms with E-state index in [-0.39, 0.29) is 6.42 Å². The van der Waals surface area contributed by atoms with Gasteiger partial charge in [0, 0.05) is 13.1 Å². The number of carboxylic acids is 1. The van der Waals surface area contributed by atoms with Gasteiger partial charge in [0.2, 0.25) is 0 Å². The Morgan fingerprint density at radius 3 is 2.44 bits per heavy atom. The van der Waals surface area contributed by atoms with Crippen molar-refractivity contribution in [2.45, 2.75) is 44.8 Å². The van der Waals surface area contributed by atoms with E-state index in [2.05, 4.69) is 5.32 Å². The van der Waals surface area contributed by atoms with E-state index in [0.717, 1.165) is 6.54 Å². The molecule has 0 radical (unpaired) electrons. The van der Waals surface area contributed by atoms with Gasteiger partial charge < -0.3 is 20.1 Å². The summed E-state index contributed by atoms with van der Waals surface area (Å²) in [7, 11) is 1.90. The molecule has 0 aliphatic carbocycles. The molecule has 6 nitrogen and oxygen atoms in total. The number of rotatable bonds is 3. The van der Waals surface area contributed by atoms with Crippen LogP contribution < -0.4 is 5.32 Å². The SMILES string of the molecule is CN1CCC(CC(=O)O)(NC(=O)OC(C)(C)C)C1. The van der Waals surface area contributed by atoms with Crippen LogP contribution in [-0.4, -0.2) is 53.3 Å². The fourth-order valence-corrected chi connectivity index (χ4v) is 2.18. The molecule has 104 valence electrons. The summed E-state index contributed by atoms with van der Waals surface area (Å²) in [5.74, 6) is -0.915. The predicted molar refractivity (Wildman–Crippen MR) is 66.5 cm³/mol. The van der Waals surface area contributed by atoms with Crippen molar-refractivity contribution in [1.29, 1.82) is 0 Å². The molecule has 1 unspecified atom stereocenters. The highest BCUT2D eigenvalue weighted by molar-refractivity contribution is 5.73. The molecule has 1 aliphatic rings. The van der Waals surface area contributed by atoms with E-state index in [1.54, 1.807) is 20.8 Å². The Balaban J connectivity index is 2.68. The number of likely N-dealkylation sites (N-methyl/N-ethyl adjacent to an activating group) is 1. The number of nitrogens with one attached hydrogen (secondary N) is 1. The molecule has 1 aliphatic heterocycles. The number of ether oxygens (including phenoxy) is 1. The predicted octanol–water partition coefficient (Wildman–Crippen LogP) is 1.06. The molecule has 0 spiro atoms. The van der Waals surface area contributed by atoms with Gasteiger partial charge in [0.1, 0.15) is 5.60 Å². The summed E-state index contributed by atoms with van der Waals surface area (Å²) in [6.45, 7) is 6.62. The largest absolute Gasteiger partial charge is 0.481 e. The van der Waals surface area contributed by atoms with E-state index in [1.165, 1.54) is 0 Å². The topological polar surface area (TPSA) is 78.9 Å². The van der Waals surface area contributed by atoms with E-state index >= 15 is 0 Å². The highest BCUT2D eigenvalue weighted by Gasteiger charge is 2.41. The maximum atomic E-state index is 11.8. The van der Waals surface area contributed by atoms with Gasteiger partial charge in [-0.25, -0.2) is 4.79 Å². The van der Waals surface area contributed by atoms with Crippen LogP contribution in [0.25, 0.3) is 0 Å². The molecule has 0 aromatic carbocycles. The standard InChI is InChI=1S/C12H22N2O4/c1-11(2,3)18-10(17)13-12(7-9(15)16)5-6-14(4)8-12/h5-8H2,1-4H3,(H,13,17)(H,15,16). The molecule has 0 aromatic heterocycles. The molecule has 6 heteroatoms. The van der Waals surface area contributed by atoms with Crippen molar-refractivity contribution in [3.05, 3.63) is 0 Å². The Hall–Kier alpha value is -1.30. The van der Waals surface area contributed by atoms with Gasteiger partial charge in [-0.05, 0) is 34.2 Å². The maximum absolute atomic E-state index is 11.8. The number of carbonyl (C=O) groups excluding carboxylic acids is 1. The van der Waals surface area contributed by atoms with Crippen molar-refractivity contribution >= 4 is 12.1 Å². The van der Waals surface area contributed by atoms with Crippen molar-refractivity contribution in [1.82, 2.24) is 10.2 Å². The number of amides is 1. The van der Waals surface area contributed by atoms with Crippen LogP contribution in [0.5, 0.6) is 0 Å². The molecule has 1 saturated heterocycles. The van der Waals surface area contributed by atoms with Gasteiger partial charge in [0.05, 0.1) is 12.0 Å². The molecule has 2 N–H and O–H groups in total. The number of hydrogen-bond acceptors (Lipinski definition) is 4. The van der Waals surface area contributed by atoms with Gasteiger partial charge in [-0.3, -0.25) is 4.79 Å². The van der Waals surface area contributed by atoms with Crippen molar-refractivity contribution in [3.8, 4) is 0 Å². The first-order valence-corrected chi connectivity index (χ1v) is 6.03. The van der Waals surface area contributed by atoms with Gasteiger partial charge in [0.25, 0.3) is 0 Å². The quantitative estimate of drug-likeness (QED) is 0.791. The molecule has 1 amide bonds. The minimum atomic E-state index is -0.915. The average Bonchev–Trinajstić information content (AvgIpc) is 2.41. The molecule has 0 aromatic rings. The number of aliphatic carboxylic acids is 1. The Labute approximate surface area is 107 Å². The summed E-state index contributed by atoms with van der Waals surface area (Å²) in [6, 6.07) is 0. The van der Waals surface area contributed by atoms with E-state index < -0.39 is 23.2 Å². The maximum Gasteiger partial charge on any atom is 0.408 e. The Morgan fingerprint density at radius 2 is 2.06 bits per heavy atom. The lowest BCUT2D eigenvalue weighted by atomic mass is 9.94. The van der Waals surface area contributed by atoms with Crippen molar-refractivity contribution in [2.24, 2.45) is 0 Å². The number of carbonyl (C=O) groups is 2. The third kappa shape index (κ3) is 4.52. The van der Waals surface area contributed by atoms with Crippen LogP contribution in [0.3, 0.4) is 0 Å². The fraction of sp³-hybridized carbons (Fsp3) is 0.833. The third-order valence-corrected chi connectivity index (χ3v) is 2.80. The highest BCUT2D eigenvalue weighted by atomic mass is 16.6. The summed E-state index contributed by atoms with van der Waals surface area (Å²) in [5, 5.41) is 11.7. The number of hydrogen-bond donors (Lipinski definition) is 2. The molecule has 1 atom stereocenters. The van der Waals surface area contributed by atoms with E-state index in [4.69, 9.17) is 9.84 Å². The van der Waals surface area contributed by atoms with E-state index in [1.807, 2.05) is 11.9 Å². The van der Waals surface area contributed by atoms with Crippen molar-refractivity contribution in [3.63, 3.8) is 0 Å². The second-order valence-electron chi connectivity index (χ2n) is 5.97. The first kappa shape index (κ1) is 14.8. The van der Waals surface area contributed by atoms with Crippen LogP contribution in [0.4, 0.5) is 4.79 Å². The molecular weight excluding hydrogens is 236 g/mol. The minimum absolute atomic E-state index is 0.0867. The number of nitrogens with zero attached hydrogens (tertiary/aromatic N) is 1. The fourth-order valence-electron chi connectivity index (χ4n) is 2.18. The lowest BCUT2D eigenvalue weighted by molar-refractivity contribution is -0.138. The van der Waals surface area contributed by atoms with E-state index in [9.17, 15) is 9.59 Å². The summed E-state index contributed by atoms with van der Waals surface area (Å²) in [5.41, 5.74) is -1.30. The number of carboxylic acid groups (broad SMARTS) is 1. The second-order valence-corrected chi connectivity index (χ2v) is 5.97. The highest BCUT2D eigenvalue weighted by Crippen LogP contribution is 2.24. The zero-order valence-corrected chi connectivity index (χ0v) is 11.4.